The topological polar surface area (TPSA) is 55.8 Å². The van der Waals surface area contributed by atoms with Gasteiger partial charge in [0.1, 0.15) is 17.1 Å². The maximum absolute atomic E-state index is 11.2. The molecule has 2 rings (SSSR count). The average Bonchev–Trinajstić information content (AvgIpc) is 2.48. The molecule has 1 N–H and O–H groups in total. The Labute approximate surface area is 127 Å². The molecule has 0 fully saturated rings. The van der Waals surface area contributed by atoms with E-state index in [-0.39, 0.29) is 16.3 Å². The van der Waals surface area contributed by atoms with Crippen LogP contribution in [0, 0.1) is 0 Å². The number of ether oxygens (including phenoxy) is 2. The van der Waals surface area contributed by atoms with Crippen molar-refractivity contribution in [2.45, 2.75) is 13.3 Å². The third-order valence-electron chi connectivity index (χ3n) is 2.71. The number of aromatic carboxylic acids is 1. The molecule has 0 atom stereocenters. The van der Waals surface area contributed by atoms with Crippen molar-refractivity contribution in [3.05, 3.63) is 53.1 Å². The number of rotatable bonds is 6. The number of hydrogen-bond acceptors (Lipinski definition) is 3. The molecule has 0 saturated heterocycles. The minimum absolute atomic E-state index is 0.0220. The Morgan fingerprint density at radius 3 is 2.43 bits per heavy atom. The predicted molar refractivity (Wildman–Crippen MR) is 80.7 cm³/mol. The summed E-state index contributed by atoms with van der Waals surface area (Å²) < 4.78 is 11.1. The molecule has 21 heavy (non-hydrogen) atoms. The summed E-state index contributed by atoms with van der Waals surface area (Å²) in [5.41, 5.74) is 0.0220. The van der Waals surface area contributed by atoms with Crippen LogP contribution in [0.15, 0.2) is 42.5 Å². The Bertz CT molecular complexity index is 623. The van der Waals surface area contributed by atoms with Crippen LogP contribution in [0.5, 0.6) is 17.2 Å². The van der Waals surface area contributed by atoms with Gasteiger partial charge in [0, 0.05) is 0 Å². The summed E-state index contributed by atoms with van der Waals surface area (Å²) in [5, 5.41) is 9.40. The lowest BCUT2D eigenvalue weighted by Crippen LogP contribution is -2.00. The SMILES string of the molecule is CCCOc1ccc(Oc2c(Cl)cccc2C(=O)O)cc1. The molecule has 0 aliphatic rings. The first-order valence-electron chi connectivity index (χ1n) is 6.54. The van der Waals surface area contributed by atoms with E-state index >= 15 is 0 Å². The summed E-state index contributed by atoms with van der Waals surface area (Å²) in [6.07, 6.45) is 0.930. The Kier molecular flexibility index (Phi) is 5.06. The summed E-state index contributed by atoms with van der Waals surface area (Å²) >= 11 is 6.01. The second-order valence-corrected chi connectivity index (χ2v) is 4.75. The van der Waals surface area contributed by atoms with Gasteiger partial charge >= 0.3 is 5.97 Å². The van der Waals surface area contributed by atoms with Crippen LogP contribution in [0.2, 0.25) is 5.02 Å². The van der Waals surface area contributed by atoms with Crippen molar-refractivity contribution in [2.24, 2.45) is 0 Å². The first kappa shape index (κ1) is 15.2. The van der Waals surface area contributed by atoms with Gasteiger partial charge in [-0.1, -0.05) is 24.6 Å². The Morgan fingerprint density at radius 2 is 1.81 bits per heavy atom. The Balaban J connectivity index is 2.20. The largest absolute Gasteiger partial charge is 0.494 e. The number of carboxylic acid groups (broad SMARTS) is 1. The van der Waals surface area contributed by atoms with Crippen LogP contribution < -0.4 is 9.47 Å². The number of halogens is 1. The first-order chi connectivity index (χ1) is 10.1. The molecule has 0 heterocycles. The normalized spacial score (nSPS) is 10.2. The van der Waals surface area contributed by atoms with Gasteiger partial charge in [-0.2, -0.15) is 0 Å². The molecule has 0 radical (unpaired) electrons. The zero-order valence-corrected chi connectivity index (χ0v) is 12.3. The van der Waals surface area contributed by atoms with E-state index in [1.54, 1.807) is 36.4 Å². The number of hydrogen-bond donors (Lipinski definition) is 1. The molecule has 0 saturated carbocycles. The standard InChI is InChI=1S/C16H15ClO4/c1-2-10-20-11-6-8-12(9-7-11)21-15-13(16(18)19)4-3-5-14(15)17/h3-9H,2,10H2,1H3,(H,18,19). The van der Waals surface area contributed by atoms with Crippen LogP contribution in [0.25, 0.3) is 0 Å². The molecule has 5 heteroatoms. The molecule has 2 aromatic rings. The van der Waals surface area contributed by atoms with Crippen LogP contribution >= 0.6 is 11.6 Å². The molecule has 0 aliphatic heterocycles. The van der Waals surface area contributed by atoms with E-state index in [2.05, 4.69) is 0 Å². The van der Waals surface area contributed by atoms with E-state index in [0.717, 1.165) is 12.2 Å². The van der Waals surface area contributed by atoms with Crippen molar-refractivity contribution in [1.82, 2.24) is 0 Å². The van der Waals surface area contributed by atoms with Gasteiger partial charge in [-0.05, 0) is 42.8 Å². The molecule has 2 aromatic carbocycles. The van der Waals surface area contributed by atoms with Gasteiger partial charge in [0.25, 0.3) is 0 Å². The fraction of sp³-hybridized carbons (Fsp3) is 0.188. The molecule has 4 nitrogen and oxygen atoms in total. The molecular formula is C16H15ClO4. The monoisotopic (exact) mass is 306 g/mol. The lowest BCUT2D eigenvalue weighted by Gasteiger charge is -2.11. The van der Waals surface area contributed by atoms with Gasteiger partial charge in [0.2, 0.25) is 0 Å². The number of para-hydroxylation sites is 1. The lowest BCUT2D eigenvalue weighted by atomic mass is 10.2. The predicted octanol–water partition coefficient (Wildman–Crippen LogP) is 4.62. The van der Waals surface area contributed by atoms with Gasteiger partial charge in [0.05, 0.1) is 11.6 Å². The minimum atomic E-state index is -1.09. The van der Waals surface area contributed by atoms with Crippen molar-refractivity contribution < 1.29 is 19.4 Å². The van der Waals surface area contributed by atoms with Crippen LogP contribution in [0.3, 0.4) is 0 Å². The molecule has 0 unspecified atom stereocenters. The molecule has 0 spiro atoms. The third-order valence-corrected chi connectivity index (χ3v) is 3.01. The summed E-state index contributed by atoms with van der Waals surface area (Å²) in [7, 11) is 0. The van der Waals surface area contributed by atoms with Gasteiger partial charge in [-0.15, -0.1) is 0 Å². The van der Waals surface area contributed by atoms with Crippen molar-refractivity contribution in [3.8, 4) is 17.2 Å². The quantitative estimate of drug-likeness (QED) is 0.846. The number of carbonyl (C=O) groups is 1. The van der Waals surface area contributed by atoms with Crippen molar-refractivity contribution in [2.75, 3.05) is 6.61 Å². The molecule has 0 aliphatic carbocycles. The third kappa shape index (κ3) is 3.89. The second-order valence-electron chi connectivity index (χ2n) is 4.34. The van der Waals surface area contributed by atoms with E-state index in [9.17, 15) is 4.79 Å². The smallest absolute Gasteiger partial charge is 0.339 e. The number of benzene rings is 2. The fourth-order valence-electron chi connectivity index (χ4n) is 1.72. The zero-order chi connectivity index (χ0) is 15.2. The highest BCUT2D eigenvalue weighted by Crippen LogP contribution is 2.33. The fourth-order valence-corrected chi connectivity index (χ4v) is 1.94. The lowest BCUT2D eigenvalue weighted by molar-refractivity contribution is 0.0694. The molecule has 110 valence electrons. The van der Waals surface area contributed by atoms with E-state index in [4.69, 9.17) is 26.2 Å². The van der Waals surface area contributed by atoms with Crippen molar-refractivity contribution >= 4 is 17.6 Å². The molecule has 0 amide bonds. The van der Waals surface area contributed by atoms with Crippen LogP contribution in [0.1, 0.15) is 23.7 Å². The van der Waals surface area contributed by atoms with Gasteiger partial charge in [0.15, 0.2) is 5.75 Å². The van der Waals surface area contributed by atoms with Crippen LogP contribution in [-0.4, -0.2) is 17.7 Å². The van der Waals surface area contributed by atoms with Gasteiger partial charge in [-0.25, -0.2) is 4.79 Å². The molecular weight excluding hydrogens is 292 g/mol. The summed E-state index contributed by atoms with van der Waals surface area (Å²) in [4.78, 5) is 11.2. The van der Waals surface area contributed by atoms with E-state index < -0.39 is 5.97 Å². The van der Waals surface area contributed by atoms with Crippen molar-refractivity contribution in [1.29, 1.82) is 0 Å². The summed E-state index contributed by atoms with van der Waals surface area (Å²) in [6, 6.07) is 11.6. The number of carboxylic acids is 1. The Hall–Kier alpha value is -2.20. The highest BCUT2D eigenvalue weighted by Gasteiger charge is 2.15. The molecule has 0 aromatic heterocycles. The average molecular weight is 307 g/mol. The molecule has 0 bridgehead atoms. The van der Waals surface area contributed by atoms with Gasteiger partial charge < -0.3 is 14.6 Å². The summed E-state index contributed by atoms with van der Waals surface area (Å²) in [6.45, 7) is 2.68. The highest BCUT2D eigenvalue weighted by molar-refractivity contribution is 6.32. The summed E-state index contributed by atoms with van der Waals surface area (Å²) in [5.74, 6) is 0.278. The maximum Gasteiger partial charge on any atom is 0.339 e. The van der Waals surface area contributed by atoms with Crippen LogP contribution in [0.4, 0.5) is 0 Å². The van der Waals surface area contributed by atoms with Crippen molar-refractivity contribution in [3.63, 3.8) is 0 Å². The van der Waals surface area contributed by atoms with E-state index in [0.29, 0.717) is 12.4 Å². The Morgan fingerprint density at radius 1 is 1.14 bits per heavy atom. The van der Waals surface area contributed by atoms with E-state index in [1.807, 2.05) is 6.92 Å². The highest BCUT2D eigenvalue weighted by atomic mass is 35.5. The minimum Gasteiger partial charge on any atom is -0.494 e. The zero-order valence-electron chi connectivity index (χ0n) is 11.5. The first-order valence-corrected chi connectivity index (χ1v) is 6.92. The van der Waals surface area contributed by atoms with Gasteiger partial charge in [-0.3, -0.25) is 0 Å². The second kappa shape index (κ2) is 6.99. The van der Waals surface area contributed by atoms with E-state index in [1.165, 1.54) is 6.07 Å². The van der Waals surface area contributed by atoms with Crippen LogP contribution in [-0.2, 0) is 0 Å². The maximum atomic E-state index is 11.2.